The zero-order valence-electron chi connectivity index (χ0n) is 19.8. The Morgan fingerprint density at radius 3 is 2.21 bits per heavy atom. The van der Waals surface area contributed by atoms with Crippen molar-refractivity contribution in [1.82, 2.24) is 0 Å². The van der Waals surface area contributed by atoms with Gasteiger partial charge in [-0.05, 0) is 60.2 Å². The molecular formula is C29H32O5. The Balaban J connectivity index is 1.31. The third-order valence-electron chi connectivity index (χ3n) is 6.07. The molecule has 0 amide bonds. The van der Waals surface area contributed by atoms with Crippen molar-refractivity contribution in [3.63, 3.8) is 0 Å². The van der Waals surface area contributed by atoms with E-state index in [4.69, 9.17) is 18.9 Å². The van der Waals surface area contributed by atoms with Crippen molar-refractivity contribution < 1.29 is 23.7 Å². The van der Waals surface area contributed by atoms with E-state index in [9.17, 15) is 4.79 Å². The van der Waals surface area contributed by atoms with E-state index in [1.807, 2.05) is 36.4 Å². The Morgan fingerprint density at radius 2 is 1.53 bits per heavy atom. The van der Waals surface area contributed by atoms with Crippen LogP contribution in [0.5, 0.6) is 11.5 Å². The summed E-state index contributed by atoms with van der Waals surface area (Å²) in [5, 5.41) is 0. The molecule has 1 aliphatic rings. The van der Waals surface area contributed by atoms with Gasteiger partial charge in [0, 0.05) is 6.42 Å². The predicted octanol–water partition coefficient (Wildman–Crippen LogP) is 6.28. The average Bonchev–Trinajstić information content (AvgIpc) is 2.86. The van der Waals surface area contributed by atoms with Crippen molar-refractivity contribution in [2.75, 3.05) is 6.61 Å². The van der Waals surface area contributed by atoms with E-state index in [-0.39, 0.29) is 18.4 Å². The minimum atomic E-state index is -0.386. The van der Waals surface area contributed by atoms with Crippen LogP contribution in [0.3, 0.4) is 0 Å². The van der Waals surface area contributed by atoms with Gasteiger partial charge in [-0.2, -0.15) is 0 Å². The van der Waals surface area contributed by atoms with Gasteiger partial charge in [0.15, 0.2) is 6.29 Å². The summed E-state index contributed by atoms with van der Waals surface area (Å²) in [6.45, 7) is 5.59. The van der Waals surface area contributed by atoms with Crippen LogP contribution in [0.4, 0.5) is 0 Å². The molecule has 5 nitrogen and oxygen atoms in total. The van der Waals surface area contributed by atoms with Gasteiger partial charge >= 0.3 is 5.97 Å². The largest absolute Gasteiger partial charge is 0.465 e. The fraction of sp³-hybridized carbons (Fsp3) is 0.345. The summed E-state index contributed by atoms with van der Waals surface area (Å²) in [6, 6.07) is 26.2. The Bertz CT molecular complexity index is 1020. The summed E-state index contributed by atoms with van der Waals surface area (Å²) in [7, 11) is 0. The van der Waals surface area contributed by atoms with Crippen LogP contribution in [0.1, 0.15) is 42.6 Å². The summed E-state index contributed by atoms with van der Waals surface area (Å²) in [5.41, 5.74) is 1.67. The van der Waals surface area contributed by atoms with Gasteiger partial charge < -0.3 is 18.9 Å². The van der Waals surface area contributed by atoms with E-state index in [1.165, 1.54) is 0 Å². The summed E-state index contributed by atoms with van der Waals surface area (Å²) >= 11 is 0. The number of hydrogen-bond acceptors (Lipinski definition) is 5. The van der Waals surface area contributed by atoms with Gasteiger partial charge in [-0.1, -0.05) is 62.4 Å². The average molecular weight is 461 g/mol. The first-order valence-electron chi connectivity index (χ1n) is 11.9. The minimum absolute atomic E-state index is 0.0130. The van der Waals surface area contributed by atoms with Crippen LogP contribution < -0.4 is 9.47 Å². The van der Waals surface area contributed by atoms with Crippen molar-refractivity contribution in [2.24, 2.45) is 11.8 Å². The molecule has 34 heavy (non-hydrogen) atoms. The lowest BCUT2D eigenvalue weighted by atomic mass is 9.85. The third kappa shape index (κ3) is 6.92. The van der Waals surface area contributed by atoms with E-state index >= 15 is 0 Å². The zero-order valence-corrected chi connectivity index (χ0v) is 19.8. The highest BCUT2D eigenvalue weighted by Crippen LogP contribution is 2.32. The monoisotopic (exact) mass is 460 g/mol. The number of carbonyl (C=O) groups is 1. The van der Waals surface area contributed by atoms with Crippen LogP contribution >= 0.6 is 0 Å². The van der Waals surface area contributed by atoms with Crippen LogP contribution in [0.25, 0.3) is 0 Å². The maximum atomic E-state index is 12.2. The van der Waals surface area contributed by atoms with E-state index < -0.39 is 0 Å². The molecule has 1 aliphatic heterocycles. The quantitative estimate of drug-likeness (QED) is 0.278. The van der Waals surface area contributed by atoms with Gasteiger partial charge in [0.25, 0.3) is 0 Å². The summed E-state index contributed by atoms with van der Waals surface area (Å²) < 4.78 is 23.8. The Labute approximate surface area is 201 Å². The van der Waals surface area contributed by atoms with Crippen LogP contribution in [0, 0.1) is 11.8 Å². The van der Waals surface area contributed by atoms with Crippen molar-refractivity contribution in [1.29, 1.82) is 0 Å². The highest BCUT2D eigenvalue weighted by atomic mass is 16.7. The molecule has 178 valence electrons. The number of esters is 1. The topological polar surface area (TPSA) is 54.0 Å². The van der Waals surface area contributed by atoms with Crippen molar-refractivity contribution in [3.05, 3.63) is 96.1 Å². The van der Waals surface area contributed by atoms with Crippen molar-refractivity contribution in [3.8, 4) is 11.5 Å². The number of hydrogen-bond donors (Lipinski definition) is 0. The summed E-state index contributed by atoms with van der Waals surface area (Å²) in [5.74, 6) is 1.79. The molecule has 0 aromatic heterocycles. The van der Waals surface area contributed by atoms with E-state index in [1.54, 1.807) is 36.4 Å². The molecule has 0 saturated carbocycles. The zero-order chi connectivity index (χ0) is 23.8. The molecule has 0 radical (unpaired) electrons. The Kier molecular flexibility index (Phi) is 8.34. The first-order chi connectivity index (χ1) is 16.6. The van der Waals surface area contributed by atoms with Crippen molar-refractivity contribution in [2.45, 2.75) is 45.7 Å². The molecule has 3 aromatic rings. The van der Waals surface area contributed by atoms with Gasteiger partial charge in [-0.3, -0.25) is 0 Å². The molecular weight excluding hydrogens is 428 g/mol. The SMILES string of the molecule is CC(C)C1CC(COCc2ccccc2)OC(Oc2ccc(OC(=O)c3ccccc3)cc2)C1. The van der Waals surface area contributed by atoms with E-state index in [2.05, 4.69) is 26.0 Å². The molecule has 3 aromatic carbocycles. The summed E-state index contributed by atoms with van der Waals surface area (Å²) in [4.78, 5) is 12.2. The fourth-order valence-corrected chi connectivity index (χ4v) is 4.10. The highest BCUT2D eigenvalue weighted by Gasteiger charge is 2.32. The molecule has 3 unspecified atom stereocenters. The van der Waals surface area contributed by atoms with Gasteiger partial charge in [0.05, 0.1) is 24.9 Å². The first kappa shape index (κ1) is 24.0. The third-order valence-corrected chi connectivity index (χ3v) is 6.07. The highest BCUT2D eigenvalue weighted by molar-refractivity contribution is 5.90. The molecule has 5 heteroatoms. The molecule has 0 spiro atoms. The van der Waals surface area contributed by atoms with Crippen LogP contribution in [0.15, 0.2) is 84.9 Å². The van der Waals surface area contributed by atoms with Gasteiger partial charge in [0.2, 0.25) is 0 Å². The standard InChI is InChI=1S/C29H32O5/c1-21(2)24-17-27(20-31-19-22-9-5-3-6-10-22)33-28(18-24)32-25-13-15-26(16-14-25)34-29(30)23-11-7-4-8-12-23/h3-16,21,24,27-28H,17-20H2,1-2H3. The molecule has 1 heterocycles. The first-order valence-corrected chi connectivity index (χ1v) is 11.9. The van der Waals surface area contributed by atoms with Gasteiger partial charge in [0.1, 0.15) is 11.5 Å². The lowest BCUT2D eigenvalue weighted by molar-refractivity contribution is -0.183. The van der Waals surface area contributed by atoms with Crippen LogP contribution in [-0.2, 0) is 16.1 Å². The van der Waals surface area contributed by atoms with Gasteiger partial charge in [-0.25, -0.2) is 4.79 Å². The second-order valence-electron chi connectivity index (χ2n) is 9.01. The van der Waals surface area contributed by atoms with Crippen LogP contribution in [0.2, 0.25) is 0 Å². The number of rotatable bonds is 9. The maximum absolute atomic E-state index is 12.2. The van der Waals surface area contributed by atoms with Crippen molar-refractivity contribution >= 4 is 5.97 Å². The molecule has 0 aliphatic carbocycles. The minimum Gasteiger partial charge on any atom is -0.465 e. The lowest BCUT2D eigenvalue weighted by Crippen LogP contribution is -2.40. The number of ether oxygens (including phenoxy) is 4. The fourth-order valence-electron chi connectivity index (χ4n) is 4.10. The predicted molar refractivity (Wildman–Crippen MR) is 131 cm³/mol. The molecule has 1 saturated heterocycles. The lowest BCUT2D eigenvalue weighted by Gasteiger charge is -2.37. The van der Waals surface area contributed by atoms with E-state index in [0.29, 0.717) is 42.1 Å². The Hall–Kier alpha value is -3.15. The Morgan fingerprint density at radius 1 is 0.882 bits per heavy atom. The molecule has 1 fully saturated rings. The number of benzene rings is 3. The maximum Gasteiger partial charge on any atom is 0.343 e. The second-order valence-corrected chi connectivity index (χ2v) is 9.01. The van der Waals surface area contributed by atoms with Gasteiger partial charge in [-0.15, -0.1) is 0 Å². The molecule has 0 bridgehead atoms. The molecule has 4 rings (SSSR count). The molecule has 0 N–H and O–H groups in total. The smallest absolute Gasteiger partial charge is 0.343 e. The van der Waals surface area contributed by atoms with Crippen LogP contribution in [-0.4, -0.2) is 25.0 Å². The van der Waals surface area contributed by atoms with E-state index in [0.717, 1.165) is 18.4 Å². The molecule has 3 atom stereocenters. The number of carbonyl (C=O) groups excluding carboxylic acids is 1. The second kappa shape index (κ2) is 11.8. The normalized spacial score (nSPS) is 20.1. The summed E-state index contributed by atoms with van der Waals surface area (Å²) in [6.07, 6.45) is 1.43.